The van der Waals surface area contributed by atoms with Crippen molar-refractivity contribution in [3.05, 3.63) is 82.5 Å². The third-order valence-corrected chi connectivity index (χ3v) is 5.70. The molecule has 0 saturated heterocycles. The molecule has 0 aliphatic heterocycles. The Morgan fingerprint density at radius 2 is 1.85 bits per heavy atom. The van der Waals surface area contributed by atoms with Gasteiger partial charge in [0.2, 0.25) is 0 Å². The van der Waals surface area contributed by atoms with Crippen LogP contribution in [-0.2, 0) is 11.0 Å². The Morgan fingerprint density at radius 1 is 1.15 bits per heavy atom. The normalized spacial score (nSPS) is 17.8. The van der Waals surface area contributed by atoms with Gasteiger partial charge in [-0.05, 0) is 68.7 Å². The number of carbonyl (C=O) groups excluding carboxylic acids is 1. The van der Waals surface area contributed by atoms with Gasteiger partial charge in [-0.15, -0.1) is 0 Å². The molecule has 6 heteroatoms. The average molecular weight is 460 g/mol. The van der Waals surface area contributed by atoms with Gasteiger partial charge in [-0.1, -0.05) is 61.4 Å². The van der Waals surface area contributed by atoms with Gasteiger partial charge in [0.05, 0.1) is 11.3 Å². The molecule has 1 aromatic carbocycles. The van der Waals surface area contributed by atoms with Crippen molar-refractivity contribution in [1.82, 2.24) is 0 Å². The van der Waals surface area contributed by atoms with Crippen molar-refractivity contribution >= 4 is 11.7 Å². The maximum Gasteiger partial charge on any atom is 0.418 e. The molecule has 0 radical (unpaired) electrons. The van der Waals surface area contributed by atoms with E-state index in [2.05, 4.69) is 32.9 Å². The van der Waals surface area contributed by atoms with E-state index in [0.717, 1.165) is 24.1 Å². The highest BCUT2D eigenvalue weighted by Crippen LogP contribution is 2.41. The van der Waals surface area contributed by atoms with Crippen LogP contribution in [0.1, 0.15) is 59.4 Å². The molecule has 178 valence electrons. The number of para-hydroxylation sites is 1. The number of halogens is 3. The van der Waals surface area contributed by atoms with Gasteiger partial charge in [0.15, 0.2) is 5.75 Å². The van der Waals surface area contributed by atoms with Crippen LogP contribution < -0.4 is 10.5 Å². The maximum atomic E-state index is 12.9. The molecule has 1 aliphatic rings. The zero-order valence-electron chi connectivity index (χ0n) is 19.8. The molecule has 1 aromatic rings. The topological polar surface area (TPSA) is 52.3 Å². The van der Waals surface area contributed by atoms with Crippen LogP contribution in [0.2, 0.25) is 0 Å². The van der Waals surface area contributed by atoms with Gasteiger partial charge in [0.25, 0.3) is 0 Å². The summed E-state index contributed by atoms with van der Waals surface area (Å²) >= 11 is 0. The summed E-state index contributed by atoms with van der Waals surface area (Å²) in [7, 11) is 0. The SMILES string of the molecule is CC(C=CC1=C(C)CCCC1(C)C)=CC=CC(C)=CC(=O)Oc1cccc(C(F)(F)F)c1N. The molecule has 0 unspecified atom stereocenters. The number of rotatable bonds is 6. The summed E-state index contributed by atoms with van der Waals surface area (Å²) in [5.41, 5.74) is 8.51. The molecule has 2 N–H and O–H groups in total. The van der Waals surface area contributed by atoms with E-state index in [1.165, 1.54) is 36.1 Å². The summed E-state index contributed by atoms with van der Waals surface area (Å²) in [6.45, 7) is 10.4. The summed E-state index contributed by atoms with van der Waals surface area (Å²) in [6, 6.07) is 3.21. The Balaban J connectivity index is 2.04. The molecule has 0 bridgehead atoms. The first-order chi connectivity index (χ1) is 15.3. The minimum absolute atomic E-state index is 0.178. The number of anilines is 1. The van der Waals surface area contributed by atoms with E-state index < -0.39 is 23.4 Å². The second kappa shape index (κ2) is 10.7. The molecule has 0 fully saturated rings. The Labute approximate surface area is 194 Å². The molecule has 0 heterocycles. The van der Waals surface area contributed by atoms with Crippen molar-refractivity contribution in [1.29, 1.82) is 0 Å². The predicted molar refractivity (Wildman–Crippen MR) is 128 cm³/mol. The number of nitrogen functional groups attached to an aromatic ring is 1. The van der Waals surface area contributed by atoms with E-state index in [1.807, 2.05) is 19.1 Å². The third kappa shape index (κ3) is 7.52. The number of hydrogen-bond donors (Lipinski definition) is 1. The molecular weight excluding hydrogens is 427 g/mol. The first-order valence-corrected chi connectivity index (χ1v) is 10.9. The fraction of sp³-hybridized carbons (Fsp3) is 0.370. The Morgan fingerprint density at radius 3 is 2.48 bits per heavy atom. The van der Waals surface area contributed by atoms with Crippen molar-refractivity contribution in [3.63, 3.8) is 0 Å². The van der Waals surface area contributed by atoms with Crippen LogP contribution in [0.25, 0.3) is 0 Å². The fourth-order valence-corrected chi connectivity index (χ4v) is 3.88. The van der Waals surface area contributed by atoms with E-state index in [4.69, 9.17) is 10.5 Å². The van der Waals surface area contributed by atoms with Gasteiger partial charge < -0.3 is 10.5 Å². The van der Waals surface area contributed by atoms with Crippen LogP contribution in [0, 0.1) is 5.41 Å². The first kappa shape index (κ1) is 26.2. The Bertz CT molecular complexity index is 1040. The smallest absolute Gasteiger partial charge is 0.418 e. The Hall–Kier alpha value is -3.02. The van der Waals surface area contributed by atoms with Gasteiger partial charge >= 0.3 is 12.1 Å². The third-order valence-electron chi connectivity index (χ3n) is 5.70. The number of esters is 1. The summed E-state index contributed by atoms with van der Waals surface area (Å²) in [6.07, 6.45) is 9.85. The number of alkyl halides is 3. The lowest BCUT2D eigenvalue weighted by atomic mass is 9.72. The Kier molecular flexibility index (Phi) is 8.53. The minimum atomic E-state index is -4.62. The molecule has 0 spiro atoms. The van der Waals surface area contributed by atoms with Crippen molar-refractivity contribution in [2.75, 3.05) is 5.73 Å². The van der Waals surface area contributed by atoms with E-state index in [-0.39, 0.29) is 11.2 Å². The standard InChI is InChI=1S/C27H32F3NO2/c1-18(14-15-21-20(3)11-8-16-26(21,4)5)9-6-10-19(2)17-24(32)33-23-13-7-12-22(25(23)31)27(28,29)30/h6-7,9-10,12-15,17H,8,11,16,31H2,1-5H3. The molecule has 0 atom stereocenters. The lowest BCUT2D eigenvalue weighted by Crippen LogP contribution is -2.19. The van der Waals surface area contributed by atoms with Crippen molar-refractivity contribution in [3.8, 4) is 5.75 Å². The number of ether oxygens (including phenoxy) is 1. The fourth-order valence-electron chi connectivity index (χ4n) is 3.88. The van der Waals surface area contributed by atoms with Gasteiger partial charge in [-0.3, -0.25) is 0 Å². The van der Waals surface area contributed by atoms with Crippen LogP contribution in [-0.4, -0.2) is 5.97 Å². The molecule has 33 heavy (non-hydrogen) atoms. The lowest BCUT2D eigenvalue weighted by molar-refractivity contribution is -0.137. The molecule has 3 nitrogen and oxygen atoms in total. The van der Waals surface area contributed by atoms with E-state index in [1.54, 1.807) is 13.0 Å². The molecular formula is C27H32F3NO2. The van der Waals surface area contributed by atoms with Gasteiger partial charge in [0.1, 0.15) is 0 Å². The van der Waals surface area contributed by atoms with E-state index in [9.17, 15) is 18.0 Å². The summed E-state index contributed by atoms with van der Waals surface area (Å²) in [5, 5.41) is 0. The van der Waals surface area contributed by atoms with Crippen molar-refractivity contribution < 1.29 is 22.7 Å². The van der Waals surface area contributed by atoms with Crippen LogP contribution in [0.15, 0.2) is 76.9 Å². The number of nitrogens with two attached hydrogens (primary N) is 1. The zero-order chi connectivity index (χ0) is 24.8. The lowest BCUT2D eigenvalue weighted by Gasteiger charge is -2.32. The predicted octanol–water partition coefficient (Wildman–Crippen LogP) is 7.72. The second-order valence-electron chi connectivity index (χ2n) is 9.06. The van der Waals surface area contributed by atoms with E-state index in [0.29, 0.717) is 5.57 Å². The largest absolute Gasteiger partial charge is 0.421 e. The number of benzene rings is 1. The number of carbonyl (C=O) groups is 1. The zero-order valence-corrected chi connectivity index (χ0v) is 19.8. The molecule has 1 aliphatic carbocycles. The van der Waals surface area contributed by atoms with Crippen molar-refractivity contribution in [2.45, 2.75) is 60.1 Å². The molecule has 0 amide bonds. The average Bonchev–Trinajstić information content (AvgIpc) is 2.67. The van der Waals surface area contributed by atoms with Crippen LogP contribution in [0.4, 0.5) is 18.9 Å². The monoisotopic (exact) mass is 459 g/mol. The molecule has 0 aromatic heterocycles. The quantitative estimate of drug-likeness (QED) is 0.156. The highest BCUT2D eigenvalue weighted by atomic mass is 19.4. The van der Waals surface area contributed by atoms with E-state index >= 15 is 0 Å². The second-order valence-corrected chi connectivity index (χ2v) is 9.06. The van der Waals surface area contributed by atoms with Gasteiger partial charge in [-0.2, -0.15) is 13.2 Å². The number of allylic oxidation sites excluding steroid dienone is 9. The van der Waals surface area contributed by atoms with Crippen LogP contribution in [0.3, 0.4) is 0 Å². The summed E-state index contributed by atoms with van der Waals surface area (Å²) in [4.78, 5) is 12.1. The van der Waals surface area contributed by atoms with Gasteiger partial charge in [-0.25, -0.2) is 4.79 Å². The minimum Gasteiger partial charge on any atom is -0.421 e. The van der Waals surface area contributed by atoms with Crippen molar-refractivity contribution in [2.24, 2.45) is 5.41 Å². The van der Waals surface area contributed by atoms with Gasteiger partial charge in [0, 0.05) is 6.08 Å². The van der Waals surface area contributed by atoms with Crippen LogP contribution >= 0.6 is 0 Å². The first-order valence-electron chi connectivity index (χ1n) is 10.9. The maximum absolute atomic E-state index is 12.9. The molecule has 0 saturated carbocycles. The van der Waals surface area contributed by atoms with Crippen LogP contribution in [0.5, 0.6) is 5.75 Å². The summed E-state index contributed by atoms with van der Waals surface area (Å²) < 4.78 is 43.8. The number of hydrogen-bond acceptors (Lipinski definition) is 3. The molecule has 2 rings (SSSR count). The summed E-state index contributed by atoms with van der Waals surface area (Å²) in [5.74, 6) is -1.12. The highest BCUT2D eigenvalue weighted by molar-refractivity contribution is 5.86. The highest BCUT2D eigenvalue weighted by Gasteiger charge is 2.34.